The first-order valence-electron chi connectivity index (χ1n) is 9.89. The second kappa shape index (κ2) is 10.3. The molecule has 3 aromatic carbocycles. The minimum Gasteiger partial charge on any atom is -0.488 e. The molecule has 7 heteroatoms. The standard InChI is InChI=1S/C25H22FNO5/c1-16-7-3-4-8-18(16)14-31-24-10-6-5-9-21(24)25(30)32-15-23(29)20-12-11-19(13-22(20)26)27-17(2)28/h3-13H,14-15H2,1-2H3,(H,27,28). The summed E-state index contributed by atoms with van der Waals surface area (Å²) in [7, 11) is 0. The van der Waals surface area contributed by atoms with Gasteiger partial charge in [0, 0.05) is 12.6 Å². The molecule has 1 amide bonds. The molecule has 164 valence electrons. The number of hydrogen-bond donors (Lipinski definition) is 1. The van der Waals surface area contributed by atoms with Crippen molar-refractivity contribution in [1.29, 1.82) is 0 Å². The largest absolute Gasteiger partial charge is 0.488 e. The number of para-hydroxylation sites is 1. The van der Waals surface area contributed by atoms with Crippen molar-refractivity contribution in [3.63, 3.8) is 0 Å². The van der Waals surface area contributed by atoms with Gasteiger partial charge >= 0.3 is 5.97 Å². The summed E-state index contributed by atoms with van der Waals surface area (Å²) in [5.74, 6) is -2.32. The monoisotopic (exact) mass is 435 g/mol. The molecule has 1 N–H and O–H groups in total. The van der Waals surface area contributed by atoms with Gasteiger partial charge in [-0.2, -0.15) is 0 Å². The normalized spacial score (nSPS) is 10.3. The van der Waals surface area contributed by atoms with E-state index in [1.165, 1.54) is 25.1 Å². The third-order valence-electron chi connectivity index (χ3n) is 4.68. The lowest BCUT2D eigenvalue weighted by atomic mass is 10.1. The third kappa shape index (κ3) is 5.78. The Hall–Kier alpha value is -4.00. The molecular formula is C25H22FNO5. The van der Waals surface area contributed by atoms with Crippen molar-refractivity contribution in [2.75, 3.05) is 11.9 Å². The predicted octanol–water partition coefficient (Wildman–Crippen LogP) is 4.71. The van der Waals surface area contributed by atoms with E-state index >= 15 is 0 Å². The van der Waals surface area contributed by atoms with Crippen molar-refractivity contribution in [2.24, 2.45) is 0 Å². The zero-order valence-corrected chi connectivity index (χ0v) is 17.7. The third-order valence-corrected chi connectivity index (χ3v) is 4.68. The Morgan fingerprint density at radius 1 is 0.938 bits per heavy atom. The zero-order chi connectivity index (χ0) is 23.1. The minimum atomic E-state index is -0.820. The van der Waals surface area contributed by atoms with Crippen molar-refractivity contribution in [3.8, 4) is 5.75 Å². The van der Waals surface area contributed by atoms with Gasteiger partial charge in [0.15, 0.2) is 6.61 Å². The van der Waals surface area contributed by atoms with Gasteiger partial charge in [-0.15, -0.1) is 0 Å². The van der Waals surface area contributed by atoms with E-state index in [9.17, 15) is 18.8 Å². The van der Waals surface area contributed by atoms with Crippen molar-refractivity contribution in [1.82, 2.24) is 0 Å². The first-order chi connectivity index (χ1) is 15.3. The minimum absolute atomic E-state index is 0.162. The van der Waals surface area contributed by atoms with E-state index in [0.29, 0.717) is 5.75 Å². The number of carbonyl (C=O) groups is 3. The average Bonchev–Trinajstić information content (AvgIpc) is 2.76. The quantitative estimate of drug-likeness (QED) is 0.409. The molecule has 0 aromatic heterocycles. The van der Waals surface area contributed by atoms with Crippen molar-refractivity contribution in [2.45, 2.75) is 20.5 Å². The van der Waals surface area contributed by atoms with Crippen LogP contribution in [0.4, 0.5) is 10.1 Å². The highest BCUT2D eigenvalue weighted by Crippen LogP contribution is 2.22. The van der Waals surface area contributed by atoms with E-state index in [-0.39, 0.29) is 29.3 Å². The number of ether oxygens (including phenoxy) is 2. The van der Waals surface area contributed by atoms with Crippen molar-refractivity contribution < 1.29 is 28.2 Å². The summed E-state index contributed by atoms with van der Waals surface area (Å²) in [6.45, 7) is 2.88. The highest BCUT2D eigenvalue weighted by atomic mass is 19.1. The SMILES string of the molecule is CC(=O)Nc1ccc(C(=O)COC(=O)c2ccccc2OCc2ccccc2C)c(F)c1. The van der Waals surface area contributed by atoms with Crippen LogP contribution in [0.25, 0.3) is 0 Å². The van der Waals surface area contributed by atoms with Gasteiger partial charge in [-0.05, 0) is 48.4 Å². The molecule has 0 fully saturated rings. The maximum absolute atomic E-state index is 14.2. The number of aryl methyl sites for hydroxylation is 1. The zero-order valence-electron chi connectivity index (χ0n) is 17.7. The van der Waals surface area contributed by atoms with Crippen LogP contribution in [-0.4, -0.2) is 24.3 Å². The molecule has 3 aromatic rings. The summed E-state index contributed by atoms with van der Waals surface area (Å²) in [4.78, 5) is 35.9. The first kappa shape index (κ1) is 22.7. The molecule has 0 radical (unpaired) electrons. The second-order valence-corrected chi connectivity index (χ2v) is 7.09. The molecule has 0 atom stereocenters. The maximum atomic E-state index is 14.2. The maximum Gasteiger partial charge on any atom is 0.342 e. The molecule has 0 spiro atoms. The van der Waals surface area contributed by atoms with Gasteiger partial charge < -0.3 is 14.8 Å². The van der Waals surface area contributed by atoms with Gasteiger partial charge in [-0.25, -0.2) is 9.18 Å². The molecule has 0 aliphatic heterocycles. The van der Waals surface area contributed by atoms with Gasteiger partial charge in [0.25, 0.3) is 0 Å². The number of hydrogen-bond acceptors (Lipinski definition) is 5. The summed E-state index contributed by atoms with van der Waals surface area (Å²) in [6.07, 6.45) is 0. The van der Waals surface area contributed by atoms with Crippen LogP contribution in [0.5, 0.6) is 5.75 Å². The lowest BCUT2D eigenvalue weighted by molar-refractivity contribution is -0.114. The number of Topliss-reactive ketones (excluding diaryl/α,β-unsaturated/α-hetero) is 1. The van der Waals surface area contributed by atoms with Gasteiger partial charge in [0.05, 0.1) is 5.56 Å². The first-order valence-corrected chi connectivity index (χ1v) is 9.89. The number of rotatable bonds is 8. The van der Waals surface area contributed by atoms with Crippen LogP contribution >= 0.6 is 0 Å². The Balaban J connectivity index is 1.64. The molecular weight excluding hydrogens is 413 g/mol. The number of amides is 1. The van der Waals surface area contributed by atoms with E-state index in [0.717, 1.165) is 17.2 Å². The van der Waals surface area contributed by atoms with E-state index < -0.39 is 24.2 Å². The fourth-order valence-corrected chi connectivity index (χ4v) is 3.00. The van der Waals surface area contributed by atoms with Crippen LogP contribution in [0.3, 0.4) is 0 Å². The average molecular weight is 435 g/mol. The van der Waals surface area contributed by atoms with E-state index in [1.807, 2.05) is 31.2 Å². The van der Waals surface area contributed by atoms with Crippen LogP contribution in [-0.2, 0) is 16.1 Å². The van der Waals surface area contributed by atoms with Crippen LogP contribution in [0.15, 0.2) is 66.7 Å². The number of carbonyl (C=O) groups excluding carboxylic acids is 3. The summed E-state index contributed by atoms with van der Waals surface area (Å²) in [5, 5.41) is 2.43. The predicted molar refractivity (Wildman–Crippen MR) is 117 cm³/mol. The Bertz CT molecular complexity index is 1160. The highest BCUT2D eigenvalue weighted by molar-refractivity contribution is 6.00. The number of ketones is 1. The molecule has 0 saturated carbocycles. The molecule has 0 aliphatic carbocycles. The number of benzene rings is 3. The number of halogens is 1. The Kier molecular flexibility index (Phi) is 7.33. The van der Waals surface area contributed by atoms with E-state index in [1.54, 1.807) is 18.2 Å². The van der Waals surface area contributed by atoms with Crippen LogP contribution < -0.4 is 10.1 Å². The second-order valence-electron chi connectivity index (χ2n) is 7.09. The number of nitrogens with one attached hydrogen (secondary N) is 1. The fraction of sp³-hybridized carbons (Fsp3) is 0.160. The summed E-state index contributed by atoms with van der Waals surface area (Å²) >= 11 is 0. The lowest BCUT2D eigenvalue weighted by Gasteiger charge is -2.12. The molecule has 0 aliphatic rings. The Morgan fingerprint density at radius 2 is 1.66 bits per heavy atom. The van der Waals surface area contributed by atoms with E-state index in [2.05, 4.69) is 5.32 Å². The summed E-state index contributed by atoms with van der Waals surface area (Å²) < 4.78 is 25.1. The topological polar surface area (TPSA) is 81.7 Å². The van der Waals surface area contributed by atoms with Crippen LogP contribution in [0.2, 0.25) is 0 Å². The summed E-state index contributed by atoms with van der Waals surface area (Å²) in [6, 6.07) is 17.9. The smallest absolute Gasteiger partial charge is 0.342 e. The fourth-order valence-electron chi connectivity index (χ4n) is 3.00. The lowest BCUT2D eigenvalue weighted by Crippen LogP contribution is -2.16. The van der Waals surface area contributed by atoms with Gasteiger partial charge in [-0.1, -0.05) is 36.4 Å². The van der Waals surface area contributed by atoms with Gasteiger partial charge in [0.2, 0.25) is 11.7 Å². The summed E-state index contributed by atoms with van der Waals surface area (Å²) in [5.41, 5.74) is 2.18. The van der Waals surface area contributed by atoms with E-state index in [4.69, 9.17) is 9.47 Å². The molecule has 6 nitrogen and oxygen atoms in total. The number of anilines is 1. The molecule has 0 heterocycles. The Morgan fingerprint density at radius 3 is 2.38 bits per heavy atom. The van der Waals surface area contributed by atoms with Crippen LogP contribution in [0.1, 0.15) is 38.8 Å². The van der Waals surface area contributed by atoms with Crippen molar-refractivity contribution >= 4 is 23.3 Å². The number of esters is 1. The van der Waals surface area contributed by atoms with Crippen LogP contribution in [0, 0.1) is 12.7 Å². The van der Waals surface area contributed by atoms with Gasteiger partial charge in [-0.3, -0.25) is 9.59 Å². The molecule has 0 bridgehead atoms. The molecule has 32 heavy (non-hydrogen) atoms. The molecule has 3 rings (SSSR count). The van der Waals surface area contributed by atoms with Gasteiger partial charge in [0.1, 0.15) is 23.7 Å². The molecule has 0 saturated heterocycles. The highest BCUT2D eigenvalue weighted by Gasteiger charge is 2.18. The Labute approximate surface area is 185 Å². The van der Waals surface area contributed by atoms with Crippen molar-refractivity contribution in [3.05, 3.63) is 94.8 Å². The molecule has 0 unspecified atom stereocenters.